The summed E-state index contributed by atoms with van der Waals surface area (Å²) in [6, 6.07) is 8.11. The van der Waals surface area contributed by atoms with Crippen molar-refractivity contribution in [3.63, 3.8) is 0 Å². The van der Waals surface area contributed by atoms with Crippen molar-refractivity contribution < 1.29 is 14.3 Å². The first-order valence-electron chi connectivity index (χ1n) is 4.97. The SMILES string of the molecule is COc1[c]c(NC(=O)OC(C)(C)C)ccc1. The fourth-order valence-electron chi connectivity index (χ4n) is 1.05. The molecule has 16 heavy (non-hydrogen) atoms. The number of ether oxygens (including phenoxy) is 2. The second-order valence-electron chi connectivity index (χ2n) is 4.26. The van der Waals surface area contributed by atoms with Crippen LogP contribution in [0, 0.1) is 6.07 Å². The molecule has 1 rings (SSSR count). The van der Waals surface area contributed by atoms with Crippen LogP contribution in [0.3, 0.4) is 0 Å². The van der Waals surface area contributed by atoms with E-state index in [1.807, 2.05) is 20.8 Å². The van der Waals surface area contributed by atoms with Crippen LogP contribution in [-0.4, -0.2) is 18.8 Å². The largest absolute Gasteiger partial charge is 0.496 e. The number of methoxy groups -OCH3 is 1. The van der Waals surface area contributed by atoms with Crippen molar-refractivity contribution in [2.24, 2.45) is 0 Å². The van der Waals surface area contributed by atoms with Gasteiger partial charge < -0.3 is 9.47 Å². The van der Waals surface area contributed by atoms with Gasteiger partial charge in [-0.05, 0) is 32.9 Å². The molecular weight excluding hydrogens is 206 g/mol. The van der Waals surface area contributed by atoms with Crippen molar-refractivity contribution in [1.29, 1.82) is 0 Å². The highest BCUT2D eigenvalue weighted by Crippen LogP contribution is 2.16. The normalized spacial score (nSPS) is 10.8. The molecule has 0 bridgehead atoms. The van der Waals surface area contributed by atoms with Gasteiger partial charge >= 0.3 is 6.09 Å². The van der Waals surface area contributed by atoms with E-state index in [9.17, 15) is 4.79 Å². The molecule has 4 nitrogen and oxygen atoms in total. The summed E-state index contributed by atoms with van der Waals surface area (Å²) in [6.45, 7) is 5.42. The van der Waals surface area contributed by atoms with E-state index >= 15 is 0 Å². The lowest BCUT2D eigenvalue weighted by atomic mass is 10.2. The van der Waals surface area contributed by atoms with Crippen molar-refractivity contribution >= 4 is 11.8 Å². The highest BCUT2D eigenvalue weighted by Gasteiger charge is 2.16. The van der Waals surface area contributed by atoms with Crippen LogP contribution in [-0.2, 0) is 4.74 Å². The predicted molar refractivity (Wildman–Crippen MR) is 61.7 cm³/mol. The van der Waals surface area contributed by atoms with E-state index in [1.54, 1.807) is 25.3 Å². The Bertz CT molecular complexity index is 369. The Kier molecular flexibility index (Phi) is 3.77. The van der Waals surface area contributed by atoms with Gasteiger partial charge in [-0.1, -0.05) is 6.07 Å². The average Bonchev–Trinajstić information content (AvgIpc) is 2.15. The second kappa shape index (κ2) is 4.88. The number of benzene rings is 1. The molecule has 0 saturated heterocycles. The molecule has 0 saturated carbocycles. The minimum Gasteiger partial charge on any atom is -0.496 e. The van der Waals surface area contributed by atoms with Crippen molar-refractivity contribution in [2.45, 2.75) is 26.4 Å². The maximum absolute atomic E-state index is 11.4. The Labute approximate surface area is 95.6 Å². The zero-order chi connectivity index (χ0) is 12.2. The van der Waals surface area contributed by atoms with Crippen molar-refractivity contribution in [2.75, 3.05) is 12.4 Å². The molecule has 0 spiro atoms. The quantitative estimate of drug-likeness (QED) is 0.837. The first-order valence-corrected chi connectivity index (χ1v) is 4.97. The lowest BCUT2D eigenvalue weighted by molar-refractivity contribution is 0.0636. The third-order valence-electron chi connectivity index (χ3n) is 1.62. The van der Waals surface area contributed by atoms with Crippen LogP contribution in [0.25, 0.3) is 0 Å². The molecule has 1 radical (unpaired) electrons. The number of anilines is 1. The number of hydrogen-bond acceptors (Lipinski definition) is 3. The maximum Gasteiger partial charge on any atom is 0.412 e. The number of nitrogens with one attached hydrogen (secondary N) is 1. The first-order chi connectivity index (χ1) is 7.40. The summed E-state index contributed by atoms with van der Waals surface area (Å²) >= 11 is 0. The highest BCUT2D eigenvalue weighted by atomic mass is 16.6. The van der Waals surface area contributed by atoms with Crippen LogP contribution in [0.15, 0.2) is 18.2 Å². The van der Waals surface area contributed by atoms with Gasteiger partial charge in [-0.15, -0.1) is 0 Å². The average molecular weight is 222 g/mol. The van der Waals surface area contributed by atoms with Gasteiger partial charge in [0.1, 0.15) is 11.4 Å². The summed E-state index contributed by atoms with van der Waals surface area (Å²) in [4.78, 5) is 11.4. The Morgan fingerprint density at radius 1 is 1.38 bits per heavy atom. The molecule has 0 heterocycles. The number of carbonyl (C=O) groups excluding carboxylic acids is 1. The van der Waals surface area contributed by atoms with Gasteiger partial charge in [0.15, 0.2) is 0 Å². The minimum absolute atomic E-state index is 0.503. The topological polar surface area (TPSA) is 47.6 Å². The summed E-state index contributed by atoms with van der Waals surface area (Å²) in [7, 11) is 1.54. The molecule has 0 aliphatic rings. The van der Waals surface area contributed by atoms with Gasteiger partial charge in [-0.2, -0.15) is 0 Å². The molecule has 0 aliphatic carbocycles. The van der Waals surface area contributed by atoms with E-state index in [1.165, 1.54) is 0 Å². The molecule has 0 atom stereocenters. The maximum atomic E-state index is 11.4. The molecule has 1 aromatic carbocycles. The van der Waals surface area contributed by atoms with Gasteiger partial charge in [0.2, 0.25) is 0 Å². The summed E-state index contributed by atoms with van der Waals surface area (Å²) < 4.78 is 10.1. The summed E-state index contributed by atoms with van der Waals surface area (Å²) in [6.07, 6.45) is -0.503. The smallest absolute Gasteiger partial charge is 0.412 e. The van der Waals surface area contributed by atoms with Crippen molar-refractivity contribution in [3.05, 3.63) is 24.3 Å². The zero-order valence-corrected chi connectivity index (χ0v) is 9.96. The van der Waals surface area contributed by atoms with Gasteiger partial charge in [-0.3, -0.25) is 5.32 Å². The molecular formula is C12H16NO3. The first kappa shape index (κ1) is 12.4. The van der Waals surface area contributed by atoms with E-state index in [0.29, 0.717) is 11.4 Å². The molecule has 4 heteroatoms. The van der Waals surface area contributed by atoms with E-state index < -0.39 is 11.7 Å². The van der Waals surface area contributed by atoms with Crippen LogP contribution < -0.4 is 10.1 Å². The second-order valence-corrected chi connectivity index (χ2v) is 4.26. The van der Waals surface area contributed by atoms with E-state index in [-0.39, 0.29) is 0 Å². The number of hydrogen-bond donors (Lipinski definition) is 1. The Morgan fingerprint density at radius 3 is 2.62 bits per heavy atom. The van der Waals surface area contributed by atoms with Crippen LogP contribution in [0.5, 0.6) is 5.75 Å². The highest BCUT2D eigenvalue weighted by molar-refractivity contribution is 5.84. The predicted octanol–water partition coefficient (Wildman–Crippen LogP) is 2.84. The fraction of sp³-hybridized carbons (Fsp3) is 0.417. The van der Waals surface area contributed by atoms with Crippen molar-refractivity contribution in [1.82, 2.24) is 0 Å². The Hall–Kier alpha value is -1.71. The summed E-state index contributed by atoms with van der Waals surface area (Å²) in [5.41, 5.74) is 0.0109. The van der Waals surface area contributed by atoms with E-state index in [4.69, 9.17) is 9.47 Å². The zero-order valence-electron chi connectivity index (χ0n) is 9.96. The standard InChI is InChI=1S/C12H16NO3/c1-12(2,3)16-11(14)13-9-6-5-7-10(8-9)15-4/h5-7H,1-4H3,(H,13,14). The van der Waals surface area contributed by atoms with E-state index in [2.05, 4.69) is 11.4 Å². The molecule has 87 valence electrons. The minimum atomic E-state index is -0.511. The Balaban J connectivity index is 2.62. The summed E-state index contributed by atoms with van der Waals surface area (Å²) in [5.74, 6) is 0.563. The van der Waals surface area contributed by atoms with Gasteiger partial charge in [-0.25, -0.2) is 4.79 Å². The third kappa shape index (κ3) is 4.21. The van der Waals surface area contributed by atoms with Gasteiger partial charge in [0.05, 0.1) is 18.9 Å². The number of carbonyl (C=O) groups is 1. The van der Waals surface area contributed by atoms with E-state index in [0.717, 1.165) is 0 Å². The number of amides is 1. The molecule has 0 fully saturated rings. The number of rotatable bonds is 2. The third-order valence-corrected chi connectivity index (χ3v) is 1.62. The molecule has 0 unspecified atom stereocenters. The van der Waals surface area contributed by atoms with Crippen LogP contribution in [0.1, 0.15) is 20.8 Å². The molecule has 0 aliphatic heterocycles. The van der Waals surface area contributed by atoms with Crippen LogP contribution >= 0.6 is 0 Å². The molecule has 1 N–H and O–H groups in total. The van der Waals surface area contributed by atoms with Crippen LogP contribution in [0.2, 0.25) is 0 Å². The lowest BCUT2D eigenvalue weighted by Crippen LogP contribution is -2.27. The van der Waals surface area contributed by atoms with Gasteiger partial charge in [0.25, 0.3) is 0 Å². The molecule has 0 aromatic heterocycles. The fourth-order valence-corrected chi connectivity index (χ4v) is 1.05. The van der Waals surface area contributed by atoms with Crippen LogP contribution in [0.4, 0.5) is 10.5 Å². The lowest BCUT2D eigenvalue weighted by Gasteiger charge is -2.19. The molecule has 1 amide bonds. The molecule has 1 aromatic rings. The monoisotopic (exact) mass is 222 g/mol. The van der Waals surface area contributed by atoms with Crippen molar-refractivity contribution in [3.8, 4) is 5.75 Å². The van der Waals surface area contributed by atoms with Gasteiger partial charge in [0, 0.05) is 0 Å². The Morgan fingerprint density at radius 2 is 2.06 bits per heavy atom. The summed E-state index contributed by atoms with van der Waals surface area (Å²) in [5, 5.41) is 2.58.